The van der Waals surface area contributed by atoms with Gasteiger partial charge in [-0.15, -0.1) is 0 Å². The number of nitrogens with zero attached hydrogens (tertiary/aromatic N) is 2. The number of benzene rings is 1. The van der Waals surface area contributed by atoms with Crippen LogP contribution in [0.4, 0.5) is 5.69 Å². The maximum absolute atomic E-state index is 12.9. The molecule has 0 radical (unpaired) electrons. The molecular formula is C30H47Cl2N5O10. The number of carbonyl (C=O) groups excluding carboxylic acids is 4. The SMILES string of the molecule is CCCCCC(CC(=O)NO)C(=O)NC(C(=O)N1CCCC1CO)C(C)C.O=C(N[C@H](CO)[C@H](O)c1ccc([N+](=O)[O-])cc1)C(Cl)Cl. The Hall–Kier alpha value is -3.08. The predicted octanol–water partition coefficient (Wildman–Crippen LogP) is 2.11. The number of hydrogen-bond donors (Lipinski definition) is 7. The number of aliphatic hydroxyl groups is 3. The largest absolute Gasteiger partial charge is 0.394 e. The standard InChI is InChI=1S/C19H35N3O5.C11H12Cl2N2O5/c1-4-5-6-8-14(11-16(24)21-27)18(25)20-17(13(2)3)19(26)22-10-7-9-15(22)12-23;12-10(13)11(18)14-8(5-16)9(17)6-1-3-7(4-2-6)15(19)20/h13-15,17,23,27H,4-12H2,1-3H3,(H,20,25)(H,21,24);1-4,8-10,16-17H,5H2,(H,14,18)/t;8-,9-/m.1/s1. The zero-order chi connectivity index (χ0) is 35.7. The van der Waals surface area contributed by atoms with E-state index in [9.17, 15) is 39.5 Å². The number of non-ortho nitro benzene ring substituents is 1. The van der Waals surface area contributed by atoms with Gasteiger partial charge in [0.1, 0.15) is 12.1 Å². The van der Waals surface area contributed by atoms with Crippen molar-refractivity contribution >= 4 is 52.5 Å². The molecule has 15 nitrogen and oxygen atoms in total. The van der Waals surface area contributed by atoms with Crippen LogP contribution < -0.4 is 16.1 Å². The number of unbranched alkanes of at least 4 members (excludes halogenated alkanes) is 2. The van der Waals surface area contributed by atoms with E-state index in [-0.39, 0.29) is 42.5 Å². The van der Waals surface area contributed by atoms with Crippen LogP contribution in [0, 0.1) is 22.0 Å². The van der Waals surface area contributed by atoms with Gasteiger partial charge in [-0.1, -0.05) is 63.2 Å². The summed E-state index contributed by atoms with van der Waals surface area (Å²) in [6.45, 7) is 5.72. The fourth-order valence-electron chi connectivity index (χ4n) is 5.01. The van der Waals surface area contributed by atoms with Crippen LogP contribution in [0.3, 0.4) is 0 Å². The minimum atomic E-state index is -1.33. The lowest BCUT2D eigenvalue weighted by Gasteiger charge is -2.31. The molecule has 1 saturated heterocycles. The van der Waals surface area contributed by atoms with Crippen molar-refractivity contribution in [3.05, 3.63) is 39.9 Å². The first-order valence-electron chi connectivity index (χ1n) is 15.5. The number of hydrogen-bond acceptors (Lipinski definition) is 10. The zero-order valence-corrected chi connectivity index (χ0v) is 28.3. The van der Waals surface area contributed by atoms with E-state index in [0.29, 0.717) is 18.5 Å². The number of nitro benzene ring substituents is 1. The van der Waals surface area contributed by atoms with Gasteiger partial charge >= 0.3 is 0 Å². The summed E-state index contributed by atoms with van der Waals surface area (Å²) in [7, 11) is 0. The summed E-state index contributed by atoms with van der Waals surface area (Å²) in [5.41, 5.74) is 1.75. The Balaban J connectivity index is 0.000000491. The Kier molecular flexibility index (Phi) is 19.4. The molecule has 2 rings (SSSR count). The van der Waals surface area contributed by atoms with E-state index in [2.05, 4.69) is 17.6 Å². The van der Waals surface area contributed by atoms with Crippen LogP contribution >= 0.6 is 23.2 Å². The van der Waals surface area contributed by atoms with Crippen molar-refractivity contribution in [1.29, 1.82) is 0 Å². The first-order chi connectivity index (χ1) is 22.2. The first-order valence-corrected chi connectivity index (χ1v) is 16.4. The van der Waals surface area contributed by atoms with Crippen molar-refractivity contribution in [1.82, 2.24) is 21.0 Å². The predicted molar refractivity (Wildman–Crippen MR) is 173 cm³/mol. The van der Waals surface area contributed by atoms with Gasteiger partial charge in [0.25, 0.3) is 11.6 Å². The number of carbonyl (C=O) groups is 4. The molecule has 0 bridgehead atoms. The van der Waals surface area contributed by atoms with Crippen molar-refractivity contribution in [2.45, 2.75) is 94.8 Å². The average molecular weight is 709 g/mol. The zero-order valence-electron chi connectivity index (χ0n) is 26.8. The number of amides is 4. The molecule has 7 N–H and O–H groups in total. The number of halogens is 2. The van der Waals surface area contributed by atoms with Gasteiger partial charge in [-0.05, 0) is 42.9 Å². The molecule has 3 unspecified atom stereocenters. The third-order valence-corrected chi connectivity index (χ3v) is 8.13. The van der Waals surface area contributed by atoms with Crippen LogP contribution in [0.2, 0.25) is 0 Å². The maximum Gasteiger partial charge on any atom is 0.269 e. The van der Waals surface area contributed by atoms with Crippen LogP contribution in [-0.2, 0) is 19.2 Å². The highest BCUT2D eigenvalue weighted by atomic mass is 35.5. The highest BCUT2D eigenvalue weighted by Crippen LogP contribution is 2.22. The number of alkyl halides is 2. The quantitative estimate of drug-likeness (QED) is 0.0410. The number of likely N-dealkylation sites (tertiary alicyclic amines) is 1. The van der Waals surface area contributed by atoms with Crippen molar-refractivity contribution in [2.75, 3.05) is 19.8 Å². The second-order valence-electron chi connectivity index (χ2n) is 11.6. The summed E-state index contributed by atoms with van der Waals surface area (Å²) < 4.78 is 0. The van der Waals surface area contributed by atoms with Crippen molar-refractivity contribution in [3.63, 3.8) is 0 Å². The third kappa shape index (κ3) is 13.9. The lowest BCUT2D eigenvalue weighted by molar-refractivity contribution is -0.384. The fourth-order valence-corrected chi connectivity index (χ4v) is 5.14. The molecule has 5 atom stereocenters. The summed E-state index contributed by atoms with van der Waals surface area (Å²) in [6, 6.07) is 3.16. The van der Waals surface area contributed by atoms with E-state index in [1.807, 2.05) is 13.8 Å². The molecule has 4 amide bonds. The maximum atomic E-state index is 12.9. The van der Waals surface area contributed by atoms with Crippen molar-refractivity contribution < 1.29 is 44.6 Å². The van der Waals surface area contributed by atoms with E-state index in [1.54, 1.807) is 10.4 Å². The molecule has 266 valence electrons. The van der Waals surface area contributed by atoms with Gasteiger partial charge < -0.3 is 30.9 Å². The topological polar surface area (TPSA) is 232 Å². The minimum absolute atomic E-state index is 0.0825. The molecule has 0 aliphatic carbocycles. The minimum Gasteiger partial charge on any atom is -0.394 e. The summed E-state index contributed by atoms with van der Waals surface area (Å²) in [6.07, 6.45) is 3.49. The molecule has 0 aromatic heterocycles. The number of hydroxylamine groups is 1. The van der Waals surface area contributed by atoms with Gasteiger partial charge in [0.05, 0.1) is 30.2 Å². The number of rotatable bonds is 17. The second kappa shape index (κ2) is 21.7. The molecule has 1 aromatic rings. The van der Waals surface area contributed by atoms with Crippen molar-refractivity contribution in [2.24, 2.45) is 11.8 Å². The van der Waals surface area contributed by atoms with Gasteiger partial charge in [-0.25, -0.2) is 5.48 Å². The van der Waals surface area contributed by atoms with E-state index >= 15 is 0 Å². The Morgan fingerprint density at radius 3 is 2.19 bits per heavy atom. The van der Waals surface area contributed by atoms with Gasteiger partial charge in [-0.2, -0.15) is 0 Å². The Morgan fingerprint density at radius 1 is 1.06 bits per heavy atom. The molecule has 1 heterocycles. The van der Waals surface area contributed by atoms with Crippen LogP contribution in [0.25, 0.3) is 0 Å². The molecule has 1 fully saturated rings. The monoisotopic (exact) mass is 707 g/mol. The molecule has 17 heteroatoms. The Morgan fingerprint density at radius 2 is 1.70 bits per heavy atom. The third-order valence-electron chi connectivity index (χ3n) is 7.73. The van der Waals surface area contributed by atoms with E-state index in [4.69, 9.17) is 33.5 Å². The second-order valence-corrected chi connectivity index (χ2v) is 12.7. The van der Waals surface area contributed by atoms with Crippen molar-refractivity contribution in [3.8, 4) is 0 Å². The molecule has 1 aliphatic rings. The molecule has 0 spiro atoms. The normalized spacial score (nSPS) is 16.8. The van der Waals surface area contributed by atoms with Crippen LogP contribution in [-0.4, -0.2) is 96.7 Å². The van der Waals surface area contributed by atoms with Crippen LogP contribution in [0.1, 0.15) is 77.4 Å². The van der Waals surface area contributed by atoms with Gasteiger partial charge in [0.2, 0.25) is 17.7 Å². The lowest BCUT2D eigenvalue weighted by Crippen LogP contribution is -2.54. The van der Waals surface area contributed by atoms with E-state index in [0.717, 1.165) is 32.1 Å². The Labute approximate surface area is 284 Å². The number of nitro groups is 1. The van der Waals surface area contributed by atoms with Crippen LogP contribution in [0.15, 0.2) is 24.3 Å². The molecule has 0 saturated carbocycles. The highest BCUT2D eigenvalue weighted by molar-refractivity contribution is 6.53. The van der Waals surface area contributed by atoms with Gasteiger partial charge in [0.15, 0.2) is 4.84 Å². The molecule has 47 heavy (non-hydrogen) atoms. The van der Waals surface area contributed by atoms with Gasteiger partial charge in [0, 0.05) is 31.0 Å². The first kappa shape index (κ1) is 41.9. The smallest absolute Gasteiger partial charge is 0.269 e. The van der Waals surface area contributed by atoms with E-state index in [1.165, 1.54) is 24.3 Å². The number of nitrogens with one attached hydrogen (secondary N) is 3. The summed E-state index contributed by atoms with van der Waals surface area (Å²) >= 11 is 10.7. The summed E-state index contributed by atoms with van der Waals surface area (Å²) in [5, 5.41) is 53.0. The summed E-state index contributed by atoms with van der Waals surface area (Å²) in [4.78, 5) is 58.8. The van der Waals surface area contributed by atoms with Crippen LogP contribution in [0.5, 0.6) is 0 Å². The fraction of sp³-hybridized carbons (Fsp3) is 0.667. The van der Waals surface area contributed by atoms with E-state index < -0.39 is 52.3 Å². The molecule has 1 aromatic carbocycles. The van der Waals surface area contributed by atoms with Gasteiger partial charge in [-0.3, -0.25) is 34.5 Å². The molecular weight excluding hydrogens is 661 g/mol. The molecule has 1 aliphatic heterocycles. The Bertz CT molecular complexity index is 1160. The average Bonchev–Trinajstić information content (AvgIpc) is 3.54. The summed E-state index contributed by atoms with van der Waals surface area (Å²) in [5.74, 6) is -2.61. The lowest BCUT2D eigenvalue weighted by atomic mass is 9.94. The number of aliphatic hydroxyl groups excluding tert-OH is 3. The highest BCUT2D eigenvalue weighted by Gasteiger charge is 2.36.